The summed E-state index contributed by atoms with van der Waals surface area (Å²) < 4.78 is 25.0. The summed E-state index contributed by atoms with van der Waals surface area (Å²) in [4.78, 5) is 14.5. The van der Waals surface area contributed by atoms with Gasteiger partial charge >= 0.3 is 6.03 Å². The number of nitrogens with one attached hydrogen (secondary N) is 2. The molecule has 206 valence electrons. The second kappa shape index (κ2) is 12.1. The smallest absolute Gasteiger partial charge is 0.319 e. The summed E-state index contributed by atoms with van der Waals surface area (Å²) in [5, 5.41) is 15.1. The topological polar surface area (TPSA) is 102 Å². The van der Waals surface area contributed by atoms with Gasteiger partial charge in [0.05, 0.1) is 32.0 Å². The third kappa shape index (κ3) is 6.20. The fourth-order valence-corrected chi connectivity index (χ4v) is 5.54. The van der Waals surface area contributed by atoms with Crippen molar-refractivity contribution in [3.8, 4) is 0 Å². The third-order valence-corrected chi connectivity index (χ3v) is 7.75. The Kier molecular flexibility index (Phi) is 8.62. The number of urea groups is 1. The number of aliphatic hydroxyl groups is 1. The molecule has 3 N–H and O–H groups in total. The van der Waals surface area contributed by atoms with Crippen molar-refractivity contribution >= 4 is 11.7 Å². The maximum absolute atomic E-state index is 12.1. The Balaban J connectivity index is 1.34. The molecule has 2 aromatic carbocycles. The lowest BCUT2D eigenvalue weighted by Crippen LogP contribution is -2.50. The Morgan fingerprint density at radius 3 is 2.47 bits per heavy atom. The minimum atomic E-state index is -0.590. The molecule has 3 aliphatic heterocycles. The first kappa shape index (κ1) is 27.1. The SMILES string of the molecule is CCNC(=O)Nc1cccc(C2OC(CN3CCC4(CC3)OCCO4)C(C)C(c3ccc(CO)cc3)O2)c1. The van der Waals surface area contributed by atoms with E-state index in [1.807, 2.05) is 55.5 Å². The molecule has 1 spiro atoms. The summed E-state index contributed by atoms with van der Waals surface area (Å²) in [5.74, 6) is -0.312. The van der Waals surface area contributed by atoms with Gasteiger partial charge in [0, 0.05) is 56.2 Å². The summed E-state index contributed by atoms with van der Waals surface area (Å²) in [6.07, 6.45) is 0.855. The Labute approximate surface area is 224 Å². The van der Waals surface area contributed by atoms with Gasteiger partial charge in [-0.25, -0.2) is 4.79 Å². The molecular weight excluding hydrogens is 486 g/mol. The van der Waals surface area contributed by atoms with Crippen molar-refractivity contribution in [2.45, 2.75) is 57.6 Å². The molecule has 4 unspecified atom stereocenters. The van der Waals surface area contributed by atoms with Crippen LogP contribution in [0.25, 0.3) is 0 Å². The fraction of sp³-hybridized carbons (Fsp3) is 0.552. The number of piperidine rings is 1. The van der Waals surface area contributed by atoms with Crippen molar-refractivity contribution in [3.05, 3.63) is 65.2 Å². The average Bonchev–Trinajstić information content (AvgIpc) is 3.39. The van der Waals surface area contributed by atoms with E-state index in [1.54, 1.807) is 0 Å². The number of hydrogen-bond acceptors (Lipinski definition) is 7. The lowest BCUT2D eigenvalue weighted by Gasteiger charge is -2.44. The lowest BCUT2D eigenvalue weighted by molar-refractivity contribution is -0.278. The molecule has 4 atom stereocenters. The molecule has 3 saturated heterocycles. The zero-order chi connectivity index (χ0) is 26.5. The highest BCUT2D eigenvalue weighted by Gasteiger charge is 2.43. The molecule has 9 nitrogen and oxygen atoms in total. The average molecular weight is 526 g/mol. The number of aliphatic hydroxyl groups excluding tert-OH is 1. The van der Waals surface area contributed by atoms with Crippen molar-refractivity contribution < 1.29 is 28.8 Å². The Morgan fingerprint density at radius 1 is 1.05 bits per heavy atom. The van der Waals surface area contributed by atoms with Gasteiger partial charge in [0.2, 0.25) is 0 Å². The molecule has 9 heteroatoms. The molecule has 2 amide bonds. The standard InChI is InChI=1S/C29H39N3O6/c1-3-30-28(34)31-24-6-4-5-23(17-24)27-37-25(18-32-13-11-29(12-14-32)35-15-16-36-29)20(2)26(38-27)22-9-7-21(19-33)8-10-22/h4-10,17,20,25-27,33H,3,11-16,18-19H2,1-2H3,(H2,30,31,34). The van der Waals surface area contributed by atoms with Gasteiger partial charge in [0.25, 0.3) is 0 Å². The molecule has 0 aliphatic carbocycles. The van der Waals surface area contributed by atoms with Crippen LogP contribution in [0.15, 0.2) is 48.5 Å². The van der Waals surface area contributed by atoms with E-state index in [9.17, 15) is 9.90 Å². The van der Waals surface area contributed by atoms with Gasteiger partial charge in [-0.05, 0) is 30.2 Å². The first-order chi connectivity index (χ1) is 18.5. The fourth-order valence-electron chi connectivity index (χ4n) is 5.54. The summed E-state index contributed by atoms with van der Waals surface area (Å²) in [6, 6.07) is 15.3. The van der Waals surface area contributed by atoms with Gasteiger partial charge in [-0.1, -0.05) is 43.3 Å². The first-order valence-corrected chi connectivity index (χ1v) is 13.6. The third-order valence-electron chi connectivity index (χ3n) is 7.75. The first-order valence-electron chi connectivity index (χ1n) is 13.6. The highest BCUT2D eigenvalue weighted by molar-refractivity contribution is 5.89. The van der Waals surface area contributed by atoms with Crippen molar-refractivity contribution in [3.63, 3.8) is 0 Å². The number of benzene rings is 2. The zero-order valence-electron chi connectivity index (χ0n) is 22.2. The minimum absolute atomic E-state index is 0.00496. The summed E-state index contributed by atoms with van der Waals surface area (Å²) in [5.41, 5.74) is 3.44. The monoisotopic (exact) mass is 525 g/mol. The molecule has 0 bridgehead atoms. The van der Waals surface area contributed by atoms with Gasteiger partial charge in [0.15, 0.2) is 12.1 Å². The van der Waals surface area contributed by atoms with Crippen molar-refractivity contribution in [2.75, 3.05) is 44.7 Å². The highest BCUT2D eigenvalue weighted by atomic mass is 16.7. The number of rotatable bonds is 7. The van der Waals surface area contributed by atoms with Gasteiger partial charge in [-0.15, -0.1) is 0 Å². The summed E-state index contributed by atoms with van der Waals surface area (Å²) in [6.45, 7) is 8.51. The van der Waals surface area contributed by atoms with Crippen LogP contribution in [0.5, 0.6) is 0 Å². The van der Waals surface area contributed by atoms with Crippen LogP contribution in [0.1, 0.15) is 55.8 Å². The van der Waals surface area contributed by atoms with E-state index in [2.05, 4.69) is 22.5 Å². The van der Waals surface area contributed by atoms with Gasteiger partial charge in [-0.3, -0.25) is 0 Å². The zero-order valence-corrected chi connectivity index (χ0v) is 22.2. The number of carbonyl (C=O) groups excluding carboxylic acids is 1. The van der Waals surface area contributed by atoms with E-state index < -0.39 is 12.1 Å². The number of nitrogens with zero attached hydrogens (tertiary/aromatic N) is 1. The van der Waals surface area contributed by atoms with Gasteiger partial charge in [-0.2, -0.15) is 0 Å². The van der Waals surface area contributed by atoms with Crippen LogP contribution in [-0.4, -0.2) is 67.3 Å². The number of anilines is 1. The molecule has 5 rings (SSSR count). The summed E-state index contributed by atoms with van der Waals surface area (Å²) >= 11 is 0. The van der Waals surface area contributed by atoms with E-state index >= 15 is 0 Å². The molecule has 3 fully saturated rings. The van der Waals surface area contributed by atoms with Crippen LogP contribution < -0.4 is 10.6 Å². The minimum Gasteiger partial charge on any atom is -0.392 e. The second-order valence-corrected chi connectivity index (χ2v) is 10.3. The van der Waals surface area contributed by atoms with Crippen LogP contribution >= 0.6 is 0 Å². The highest BCUT2D eigenvalue weighted by Crippen LogP contribution is 2.42. The van der Waals surface area contributed by atoms with Crippen LogP contribution in [-0.2, 0) is 25.6 Å². The molecule has 2 aromatic rings. The molecule has 0 radical (unpaired) electrons. The number of amides is 2. The van der Waals surface area contributed by atoms with Crippen LogP contribution in [0.4, 0.5) is 10.5 Å². The predicted molar refractivity (Wildman–Crippen MR) is 142 cm³/mol. The van der Waals surface area contributed by atoms with E-state index in [-0.39, 0.29) is 30.8 Å². The number of hydrogen-bond donors (Lipinski definition) is 3. The number of ether oxygens (including phenoxy) is 4. The largest absolute Gasteiger partial charge is 0.392 e. The Morgan fingerprint density at radius 2 is 1.79 bits per heavy atom. The molecule has 0 aromatic heterocycles. The van der Waals surface area contributed by atoms with Gasteiger partial charge < -0.3 is 39.6 Å². The van der Waals surface area contributed by atoms with Crippen LogP contribution in [0.3, 0.4) is 0 Å². The quantitative estimate of drug-likeness (QED) is 0.503. The molecule has 3 aliphatic rings. The van der Waals surface area contributed by atoms with E-state index in [0.29, 0.717) is 25.4 Å². The Hall–Kier alpha value is -2.53. The van der Waals surface area contributed by atoms with E-state index in [0.717, 1.165) is 49.2 Å². The molecule has 0 saturated carbocycles. The second-order valence-electron chi connectivity index (χ2n) is 10.3. The van der Waals surface area contributed by atoms with E-state index in [1.165, 1.54) is 0 Å². The molecule has 3 heterocycles. The number of carbonyl (C=O) groups is 1. The predicted octanol–water partition coefficient (Wildman–Crippen LogP) is 3.95. The van der Waals surface area contributed by atoms with Crippen molar-refractivity contribution in [2.24, 2.45) is 5.92 Å². The van der Waals surface area contributed by atoms with E-state index in [4.69, 9.17) is 18.9 Å². The van der Waals surface area contributed by atoms with Crippen LogP contribution in [0.2, 0.25) is 0 Å². The van der Waals surface area contributed by atoms with Gasteiger partial charge in [0.1, 0.15) is 0 Å². The maximum Gasteiger partial charge on any atom is 0.319 e. The van der Waals surface area contributed by atoms with Crippen molar-refractivity contribution in [1.82, 2.24) is 10.2 Å². The Bertz CT molecular complexity index is 1060. The summed E-state index contributed by atoms with van der Waals surface area (Å²) in [7, 11) is 0. The molecule has 38 heavy (non-hydrogen) atoms. The van der Waals surface area contributed by atoms with Crippen LogP contribution in [0, 0.1) is 5.92 Å². The van der Waals surface area contributed by atoms with Crippen molar-refractivity contribution in [1.29, 1.82) is 0 Å². The number of likely N-dealkylation sites (tertiary alicyclic amines) is 1. The molecular formula is C29H39N3O6. The lowest BCUT2D eigenvalue weighted by atomic mass is 9.89. The maximum atomic E-state index is 12.1. The normalized spacial score (nSPS) is 27.3.